The van der Waals surface area contributed by atoms with Crippen LogP contribution in [-0.4, -0.2) is 11.7 Å². The maximum atomic E-state index is 12.7. The van der Waals surface area contributed by atoms with Crippen LogP contribution in [0.25, 0.3) is 0 Å². The van der Waals surface area contributed by atoms with Gasteiger partial charge in [-0.2, -0.15) is 13.2 Å². The van der Waals surface area contributed by atoms with Crippen molar-refractivity contribution in [2.75, 3.05) is 11.1 Å². The van der Waals surface area contributed by atoms with Crippen molar-refractivity contribution in [2.24, 2.45) is 0 Å². The molecule has 0 heterocycles. The second-order valence-corrected chi connectivity index (χ2v) is 5.73. The predicted octanol–water partition coefficient (Wildman–Crippen LogP) is 4.72. The third-order valence-electron chi connectivity index (χ3n) is 2.91. The SMILES string of the molecule is O=C(CSCc1ccc(F)cc1)Nc1ccc(C(F)(F)F)cc1. The third kappa shape index (κ3) is 5.59. The standard InChI is InChI=1S/C16H13F4NOS/c17-13-5-1-11(2-6-13)9-23-10-15(22)21-14-7-3-12(4-8-14)16(18,19)20/h1-8H,9-10H2,(H,21,22). The molecule has 0 fully saturated rings. The first-order chi connectivity index (χ1) is 10.8. The van der Waals surface area contributed by atoms with Crippen molar-refractivity contribution in [2.45, 2.75) is 11.9 Å². The van der Waals surface area contributed by atoms with Crippen molar-refractivity contribution >= 4 is 23.4 Å². The molecule has 122 valence electrons. The molecule has 0 unspecified atom stereocenters. The number of thioether (sulfide) groups is 1. The lowest BCUT2D eigenvalue weighted by Crippen LogP contribution is -2.14. The molecule has 0 radical (unpaired) electrons. The summed E-state index contributed by atoms with van der Waals surface area (Å²) in [6.07, 6.45) is -4.40. The number of benzene rings is 2. The number of carbonyl (C=O) groups is 1. The molecule has 1 N–H and O–H groups in total. The Kier molecular flexibility index (Phi) is 5.65. The Morgan fingerprint density at radius 2 is 1.61 bits per heavy atom. The number of hydrogen-bond acceptors (Lipinski definition) is 2. The van der Waals surface area contributed by atoms with E-state index >= 15 is 0 Å². The van der Waals surface area contributed by atoms with E-state index in [0.29, 0.717) is 11.4 Å². The summed E-state index contributed by atoms with van der Waals surface area (Å²) in [5, 5.41) is 2.53. The first-order valence-electron chi connectivity index (χ1n) is 6.64. The van der Waals surface area contributed by atoms with Gasteiger partial charge in [0, 0.05) is 11.4 Å². The summed E-state index contributed by atoms with van der Waals surface area (Å²) in [4.78, 5) is 11.7. The summed E-state index contributed by atoms with van der Waals surface area (Å²) in [6.45, 7) is 0. The zero-order valence-corrected chi connectivity index (χ0v) is 12.7. The molecule has 2 nitrogen and oxygen atoms in total. The molecule has 0 bridgehead atoms. The first-order valence-corrected chi connectivity index (χ1v) is 7.79. The molecule has 0 aromatic heterocycles. The van der Waals surface area contributed by atoms with E-state index in [-0.39, 0.29) is 17.5 Å². The first kappa shape index (κ1) is 17.3. The summed E-state index contributed by atoms with van der Waals surface area (Å²) < 4.78 is 50.0. The number of amides is 1. The summed E-state index contributed by atoms with van der Waals surface area (Å²) in [6, 6.07) is 10.2. The summed E-state index contributed by atoms with van der Waals surface area (Å²) in [7, 11) is 0. The molecule has 2 aromatic carbocycles. The Morgan fingerprint density at radius 1 is 1.00 bits per heavy atom. The Morgan fingerprint density at radius 3 is 2.17 bits per heavy atom. The van der Waals surface area contributed by atoms with Gasteiger partial charge < -0.3 is 5.32 Å². The van der Waals surface area contributed by atoms with Crippen LogP contribution < -0.4 is 5.32 Å². The Balaban J connectivity index is 1.79. The van der Waals surface area contributed by atoms with E-state index in [1.807, 2.05) is 0 Å². The van der Waals surface area contributed by atoms with E-state index in [9.17, 15) is 22.4 Å². The average Bonchev–Trinajstić information content (AvgIpc) is 2.49. The number of rotatable bonds is 5. The maximum Gasteiger partial charge on any atom is 0.416 e. The molecule has 23 heavy (non-hydrogen) atoms. The van der Waals surface area contributed by atoms with Gasteiger partial charge >= 0.3 is 6.18 Å². The molecule has 0 aliphatic heterocycles. The van der Waals surface area contributed by atoms with Crippen LogP contribution in [0, 0.1) is 5.82 Å². The molecule has 0 atom stereocenters. The van der Waals surface area contributed by atoms with Crippen LogP contribution in [0.3, 0.4) is 0 Å². The van der Waals surface area contributed by atoms with E-state index < -0.39 is 11.7 Å². The predicted molar refractivity (Wildman–Crippen MR) is 82.6 cm³/mol. The minimum absolute atomic E-state index is 0.151. The molecular weight excluding hydrogens is 330 g/mol. The van der Waals surface area contributed by atoms with Crippen molar-refractivity contribution in [1.29, 1.82) is 0 Å². The van der Waals surface area contributed by atoms with Crippen molar-refractivity contribution in [3.8, 4) is 0 Å². The van der Waals surface area contributed by atoms with Crippen molar-refractivity contribution in [3.63, 3.8) is 0 Å². The molecule has 2 aromatic rings. The molecule has 0 aliphatic carbocycles. The smallest absolute Gasteiger partial charge is 0.325 e. The Hall–Kier alpha value is -2.02. The maximum absolute atomic E-state index is 12.7. The number of hydrogen-bond donors (Lipinski definition) is 1. The quantitative estimate of drug-likeness (QED) is 0.796. The monoisotopic (exact) mass is 343 g/mol. The highest BCUT2D eigenvalue weighted by atomic mass is 32.2. The number of carbonyl (C=O) groups excluding carboxylic acids is 1. The number of anilines is 1. The van der Waals surface area contributed by atoms with Gasteiger partial charge in [-0.3, -0.25) is 4.79 Å². The lowest BCUT2D eigenvalue weighted by Gasteiger charge is -2.08. The van der Waals surface area contributed by atoms with E-state index in [1.165, 1.54) is 36.0 Å². The highest BCUT2D eigenvalue weighted by molar-refractivity contribution is 7.99. The van der Waals surface area contributed by atoms with Gasteiger partial charge in [-0.05, 0) is 42.0 Å². The second-order valence-electron chi connectivity index (χ2n) is 4.74. The fourth-order valence-corrected chi connectivity index (χ4v) is 2.57. The molecule has 0 saturated heterocycles. The minimum Gasteiger partial charge on any atom is -0.325 e. The average molecular weight is 343 g/mol. The van der Waals surface area contributed by atoms with E-state index in [4.69, 9.17) is 0 Å². The Labute approximate surface area is 134 Å². The van der Waals surface area contributed by atoms with Crippen molar-refractivity contribution in [1.82, 2.24) is 0 Å². The lowest BCUT2D eigenvalue weighted by molar-refractivity contribution is -0.137. The zero-order chi connectivity index (χ0) is 16.9. The molecule has 0 spiro atoms. The third-order valence-corrected chi connectivity index (χ3v) is 3.91. The highest BCUT2D eigenvalue weighted by Gasteiger charge is 2.29. The van der Waals surface area contributed by atoms with Crippen LogP contribution in [0.2, 0.25) is 0 Å². The van der Waals surface area contributed by atoms with Gasteiger partial charge in [-0.25, -0.2) is 4.39 Å². The van der Waals surface area contributed by atoms with Crippen LogP contribution in [-0.2, 0) is 16.7 Å². The molecule has 0 aliphatic rings. The molecule has 1 amide bonds. The van der Waals surface area contributed by atoms with Crippen LogP contribution in [0.5, 0.6) is 0 Å². The van der Waals surface area contributed by atoms with Crippen LogP contribution in [0.1, 0.15) is 11.1 Å². The van der Waals surface area contributed by atoms with Gasteiger partial charge in [0.15, 0.2) is 0 Å². The number of alkyl halides is 3. The topological polar surface area (TPSA) is 29.1 Å². The van der Waals surface area contributed by atoms with Crippen LogP contribution >= 0.6 is 11.8 Å². The molecule has 7 heteroatoms. The van der Waals surface area contributed by atoms with Gasteiger partial charge in [0.25, 0.3) is 0 Å². The normalized spacial score (nSPS) is 11.3. The van der Waals surface area contributed by atoms with E-state index in [2.05, 4.69) is 5.32 Å². The van der Waals surface area contributed by atoms with Gasteiger partial charge in [-0.1, -0.05) is 12.1 Å². The molecular formula is C16H13F4NOS. The number of halogens is 4. The number of nitrogens with one attached hydrogen (secondary N) is 1. The molecule has 0 saturated carbocycles. The van der Waals surface area contributed by atoms with Crippen LogP contribution in [0.15, 0.2) is 48.5 Å². The lowest BCUT2D eigenvalue weighted by atomic mass is 10.2. The summed E-state index contributed by atoms with van der Waals surface area (Å²) in [5.74, 6) is 0.0645. The highest BCUT2D eigenvalue weighted by Crippen LogP contribution is 2.29. The van der Waals surface area contributed by atoms with E-state index in [1.54, 1.807) is 12.1 Å². The van der Waals surface area contributed by atoms with Gasteiger partial charge in [0.1, 0.15) is 5.82 Å². The largest absolute Gasteiger partial charge is 0.416 e. The van der Waals surface area contributed by atoms with Gasteiger partial charge in [-0.15, -0.1) is 11.8 Å². The van der Waals surface area contributed by atoms with Crippen molar-refractivity contribution in [3.05, 3.63) is 65.5 Å². The summed E-state index contributed by atoms with van der Waals surface area (Å²) in [5.41, 5.74) is 0.435. The Bertz CT molecular complexity index is 653. The minimum atomic E-state index is -4.40. The second kappa shape index (κ2) is 7.50. The van der Waals surface area contributed by atoms with Gasteiger partial charge in [0.05, 0.1) is 11.3 Å². The fraction of sp³-hybridized carbons (Fsp3) is 0.188. The van der Waals surface area contributed by atoms with E-state index in [0.717, 1.165) is 17.7 Å². The molecule has 2 rings (SSSR count). The zero-order valence-electron chi connectivity index (χ0n) is 11.9. The van der Waals surface area contributed by atoms with Crippen molar-refractivity contribution < 1.29 is 22.4 Å². The fourth-order valence-electron chi connectivity index (χ4n) is 1.78. The van der Waals surface area contributed by atoms with Gasteiger partial charge in [0.2, 0.25) is 5.91 Å². The van der Waals surface area contributed by atoms with Crippen LogP contribution in [0.4, 0.5) is 23.2 Å². The summed E-state index contributed by atoms with van der Waals surface area (Å²) >= 11 is 1.33.